The summed E-state index contributed by atoms with van der Waals surface area (Å²) in [5.41, 5.74) is 6.84. The fourth-order valence-electron chi connectivity index (χ4n) is 2.29. The summed E-state index contributed by atoms with van der Waals surface area (Å²) in [5.74, 6) is 0.845. The molecule has 1 atom stereocenters. The number of hydrogen-bond donors (Lipinski definition) is 2. The average molecular weight is 258 g/mol. The van der Waals surface area contributed by atoms with Gasteiger partial charge < -0.3 is 15.6 Å². The zero-order chi connectivity index (χ0) is 12.4. The van der Waals surface area contributed by atoms with Crippen molar-refractivity contribution in [2.45, 2.75) is 13.0 Å². The van der Waals surface area contributed by atoms with Crippen LogP contribution in [0.3, 0.4) is 0 Å². The molecule has 1 aliphatic heterocycles. The second-order valence-electron chi connectivity index (χ2n) is 4.62. The zero-order valence-corrected chi connectivity index (χ0v) is 11.2. The number of imidazole rings is 1. The Bertz CT molecular complexity index is 370. The van der Waals surface area contributed by atoms with Gasteiger partial charge >= 0.3 is 0 Å². The number of nitrogens with one attached hydrogen (secondary N) is 1. The molecule has 1 aliphatic rings. The number of aromatic nitrogens is 2. The monoisotopic (exact) mass is 257 g/mol. The molecular formula is C11H20ClN5. The third-order valence-electron chi connectivity index (χ3n) is 3.34. The molecule has 0 amide bonds. The fourth-order valence-corrected chi connectivity index (χ4v) is 2.59. The smallest absolute Gasteiger partial charge is 0.152 e. The Balaban J connectivity index is 2.13. The molecule has 1 saturated heterocycles. The van der Waals surface area contributed by atoms with Crippen molar-refractivity contribution >= 4 is 11.6 Å². The van der Waals surface area contributed by atoms with Crippen LogP contribution in [0.1, 0.15) is 17.6 Å². The first-order chi connectivity index (χ1) is 8.11. The van der Waals surface area contributed by atoms with Gasteiger partial charge in [0.15, 0.2) is 5.15 Å². The number of aryl methyl sites for hydroxylation is 1. The van der Waals surface area contributed by atoms with E-state index < -0.39 is 0 Å². The Hall–Kier alpha value is -0.620. The molecule has 3 N–H and O–H groups in total. The van der Waals surface area contributed by atoms with Crippen LogP contribution in [-0.4, -0.2) is 59.5 Å². The van der Waals surface area contributed by atoms with Gasteiger partial charge in [0.05, 0.1) is 11.7 Å². The van der Waals surface area contributed by atoms with Gasteiger partial charge in [0.25, 0.3) is 0 Å². The van der Waals surface area contributed by atoms with Gasteiger partial charge in [-0.25, -0.2) is 4.98 Å². The molecule has 1 aromatic heterocycles. The maximum absolute atomic E-state index is 6.13. The lowest BCUT2D eigenvalue weighted by atomic mass is 10.1. The Morgan fingerprint density at radius 3 is 2.53 bits per heavy atom. The zero-order valence-electron chi connectivity index (χ0n) is 10.4. The molecule has 2 heterocycles. The summed E-state index contributed by atoms with van der Waals surface area (Å²) in [6, 6.07) is 0.150. The Labute approximate surface area is 107 Å². The summed E-state index contributed by atoms with van der Waals surface area (Å²) in [7, 11) is 2.14. The largest absolute Gasteiger partial charge is 0.343 e. The quantitative estimate of drug-likeness (QED) is 0.834. The van der Waals surface area contributed by atoms with Gasteiger partial charge in [-0.1, -0.05) is 11.6 Å². The number of halogens is 1. The lowest BCUT2D eigenvalue weighted by Crippen LogP contribution is -2.47. The molecular weight excluding hydrogens is 238 g/mol. The van der Waals surface area contributed by atoms with E-state index in [1.165, 1.54) is 0 Å². The van der Waals surface area contributed by atoms with Gasteiger partial charge in [0.2, 0.25) is 0 Å². The van der Waals surface area contributed by atoms with E-state index in [1.54, 1.807) is 0 Å². The number of nitrogens with zero attached hydrogens (tertiary/aromatic N) is 3. The fraction of sp³-hybridized carbons (Fsp3) is 0.727. The maximum Gasteiger partial charge on any atom is 0.152 e. The van der Waals surface area contributed by atoms with Crippen LogP contribution in [0.15, 0.2) is 0 Å². The van der Waals surface area contributed by atoms with Gasteiger partial charge in [-0.15, -0.1) is 0 Å². The first-order valence-corrected chi connectivity index (χ1v) is 6.34. The number of piperazine rings is 1. The van der Waals surface area contributed by atoms with Gasteiger partial charge in [-0.05, 0) is 14.0 Å². The molecule has 1 unspecified atom stereocenters. The molecule has 96 valence electrons. The molecule has 0 radical (unpaired) electrons. The minimum absolute atomic E-state index is 0.150. The van der Waals surface area contributed by atoms with E-state index in [0.29, 0.717) is 11.7 Å². The highest BCUT2D eigenvalue weighted by atomic mass is 35.5. The SMILES string of the molecule is Cc1nc(Cl)c(C(CN)N2CCN(C)CC2)[nH]1. The lowest BCUT2D eigenvalue weighted by Gasteiger charge is -2.37. The standard InChI is InChI=1S/C11H20ClN5/c1-8-14-10(11(12)15-8)9(7-13)17-5-3-16(2)4-6-17/h9H,3-7,13H2,1-2H3,(H,14,15). The van der Waals surface area contributed by atoms with E-state index in [9.17, 15) is 0 Å². The van der Waals surface area contributed by atoms with Crippen LogP contribution in [0.5, 0.6) is 0 Å². The first-order valence-electron chi connectivity index (χ1n) is 5.96. The van der Waals surface area contributed by atoms with Crippen molar-refractivity contribution in [2.75, 3.05) is 39.8 Å². The van der Waals surface area contributed by atoms with E-state index in [-0.39, 0.29) is 6.04 Å². The van der Waals surface area contributed by atoms with E-state index in [1.807, 2.05) is 6.92 Å². The Morgan fingerprint density at radius 1 is 1.41 bits per heavy atom. The van der Waals surface area contributed by atoms with Crippen molar-refractivity contribution in [3.8, 4) is 0 Å². The molecule has 2 rings (SSSR count). The van der Waals surface area contributed by atoms with Crippen molar-refractivity contribution in [3.05, 3.63) is 16.7 Å². The third-order valence-corrected chi connectivity index (χ3v) is 3.63. The number of rotatable bonds is 3. The number of likely N-dealkylation sites (N-methyl/N-ethyl adjacent to an activating group) is 1. The summed E-state index contributed by atoms with van der Waals surface area (Å²) in [6.45, 7) is 6.65. The number of H-pyrrole nitrogens is 1. The van der Waals surface area contributed by atoms with Crippen LogP contribution in [0, 0.1) is 6.92 Å². The highest BCUT2D eigenvalue weighted by molar-refractivity contribution is 6.30. The van der Waals surface area contributed by atoms with Crippen LogP contribution < -0.4 is 5.73 Å². The van der Waals surface area contributed by atoms with Crippen molar-refractivity contribution in [1.29, 1.82) is 0 Å². The molecule has 0 spiro atoms. The van der Waals surface area contributed by atoms with E-state index in [2.05, 4.69) is 26.8 Å². The molecule has 17 heavy (non-hydrogen) atoms. The van der Waals surface area contributed by atoms with E-state index in [0.717, 1.165) is 37.7 Å². The minimum atomic E-state index is 0.150. The molecule has 5 nitrogen and oxygen atoms in total. The molecule has 0 aliphatic carbocycles. The minimum Gasteiger partial charge on any atom is -0.343 e. The highest BCUT2D eigenvalue weighted by Crippen LogP contribution is 2.25. The van der Waals surface area contributed by atoms with Crippen molar-refractivity contribution < 1.29 is 0 Å². The lowest BCUT2D eigenvalue weighted by molar-refractivity contribution is 0.113. The number of hydrogen-bond acceptors (Lipinski definition) is 4. The maximum atomic E-state index is 6.13. The Kier molecular flexibility index (Phi) is 4.04. The van der Waals surface area contributed by atoms with Gasteiger partial charge in [0, 0.05) is 32.7 Å². The second-order valence-corrected chi connectivity index (χ2v) is 4.98. The average Bonchev–Trinajstić information content (AvgIpc) is 2.62. The molecule has 0 bridgehead atoms. The second kappa shape index (κ2) is 5.35. The highest BCUT2D eigenvalue weighted by Gasteiger charge is 2.26. The van der Waals surface area contributed by atoms with Crippen LogP contribution in [0.2, 0.25) is 5.15 Å². The normalized spacial score (nSPS) is 20.7. The predicted molar refractivity (Wildman–Crippen MR) is 69.2 cm³/mol. The van der Waals surface area contributed by atoms with Crippen LogP contribution in [-0.2, 0) is 0 Å². The molecule has 6 heteroatoms. The molecule has 1 aromatic rings. The first kappa shape index (κ1) is 12.8. The van der Waals surface area contributed by atoms with E-state index in [4.69, 9.17) is 17.3 Å². The summed E-state index contributed by atoms with van der Waals surface area (Å²) >= 11 is 6.13. The number of nitrogens with two attached hydrogens (primary N) is 1. The van der Waals surface area contributed by atoms with E-state index >= 15 is 0 Å². The summed E-state index contributed by atoms with van der Waals surface area (Å²) < 4.78 is 0. The van der Waals surface area contributed by atoms with Gasteiger partial charge in [-0.3, -0.25) is 4.90 Å². The topological polar surface area (TPSA) is 61.2 Å². The van der Waals surface area contributed by atoms with Gasteiger partial charge in [0.1, 0.15) is 5.82 Å². The summed E-state index contributed by atoms with van der Waals surface area (Å²) in [6.07, 6.45) is 0. The summed E-state index contributed by atoms with van der Waals surface area (Å²) in [5, 5.41) is 0.553. The van der Waals surface area contributed by atoms with Gasteiger partial charge in [-0.2, -0.15) is 0 Å². The van der Waals surface area contributed by atoms with Crippen molar-refractivity contribution in [3.63, 3.8) is 0 Å². The number of aromatic amines is 1. The molecule has 0 aromatic carbocycles. The van der Waals surface area contributed by atoms with Crippen LogP contribution in [0.25, 0.3) is 0 Å². The Morgan fingerprint density at radius 2 is 2.06 bits per heavy atom. The van der Waals surface area contributed by atoms with Crippen LogP contribution >= 0.6 is 11.6 Å². The summed E-state index contributed by atoms with van der Waals surface area (Å²) in [4.78, 5) is 12.1. The molecule has 1 fully saturated rings. The third kappa shape index (κ3) is 2.80. The predicted octanol–water partition coefficient (Wildman–Crippen LogP) is 0.619. The van der Waals surface area contributed by atoms with Crippen molar-refractivity contribution in [1.82, 2.24) is 19.8 Å². The van der Waals surface area contributed by atoms with Crippen molar-refractivity contribution in [2.24, 2.45) is 5.73 Å². The van der Waals surface area contributed by atoms with Crippen LogP contribution in [0.4, 0.5) is 0 Å². The molecule has 0 saturated carbocycles.